The summed E-state index contributed by atoms with van der Waals surface area (Å²) in [5.74, 6) is 1.60. The summed E-state index contributed by atoms with van der Waals surface area (Å²) in [5.41, 5.74) is 8.94. The molecule has 0 fully saturated rings. The van der Waals surface area contributed by atoms with E-state index in [0.717, 1.165) is 51.1 Å². The SMILES string of the molecule is CCCCC=C=CC/C=C\CCCCCCCCOCC(CSSCN)OCCCCCCCC/C=C\C/C=C\CCCCC. The van der Waals surface area contributed by atoms with Crippen LogP contribution in [-0.2, 0) is 9.47 Å². The van der Waals surface area contributed by atoms with Crippen LogP contribution in [0.1, 0.15) is 162 Å². The van der Waals surface area contributed by atoms with Crippen LogP contribution in [0.3, 0.4) is 0 Å². The van der Waals surface area contributed by atoms with E-state index in [1.165, 1.54) is 116 Å². The molecule has 1 atom stereocenters. The Bertz CT molecular complexity index is 715. The molecule has 0 spiro atoms. The van der Waals surface area contributed by atoms with Crippen LogP contribution in [-0.4, -0.2) is 37.6 Å². The monoisotopic (exact) mass is 664 g/mol. The summed E-state index contributed by atoms with van der Waals surface area (Å²) in [5, 5.41) is 0. The second-order valence-corrected chi connectivity index (χ2v) is 14.6. The lowest BCUT2D eigenvalue weighted by Crippen LogP contribution is -2.23. The number of hydrogen-bond acceptors (Lipinski definition) is 5. The lowest BCUT2D eigenvalue weighted by Gasteiger charge is -2.17. The lowest BCUT2D eigenvalue weighted by atomic mass is 10.1. The van der Waals surface area contributed by atoms with E-state index >= 15 is 0 Å². The zero-order valence-electron chi connectivity index (χ0n) is 29.7. The average Bonchev–Trinajstić information content (AvgIpc) is 3.05. The fraction of sp³-hybridized carbons (Fsp3) is 0.775. The smallest absolute Gasteiger partial charge is 0.0906 e. The number of nitrogens with two attached hydrogens (primary N) is 1. The minimum Gasteiger partial charge on any atom is -0.379 e. The van der Waals surface area contributed by atoms with Crippen molar-refractivity contribution in [3.63, 3.8) is 0 Å². The van der Waals surface area contributed by atoms with Crippen molar-refractivity contribution in [1.29, 1.82) is 0 Å². The number of allylic oxidation sites excluding steroid dienone is 7. The molecule has 2 N–H and O–H groups in total. The molecule has 0 saturated heterocycles. The Hall–Kier alpha value is -0.680. The third kappa shape index (κ3) is 39.4. The fourth-order valence-electron chi connectivity index (χ4n) is 4.87. The molecule has 0 rings (SSSR count). The third-order valence-corrected chi connectivity index (χ3v) is 9.80. The van der Waals surface area contributed by atoms with Crippen molar-refractivity contribution in [2.24, 2.45) is 5.73 Å². The van der Waals surface area contributed by atoms with Crippen LogP contribution in [0, 0.1) is 0 Å². The second kappa shape index (κ2) is 41.3. The Morgan fingerprint density at radius 3 is 1.73 bits per heavy atom. The van der Waals surface area contributed by atoms with Crippen molar-refractivity contribution in [3.8, 4) is 0 Å². The summed E-state index contributed by atoms with van der Waals surface area (Å²) >= 11 is 0. The van der Waals surface area contributed by atoms with Gasteiger partial charge >= 0.3 is 0 Å². The van der Waals surface area contributed by atoms with Gasteiger partial charge in [0.2, 0.25) is 0 Å². The van der Waals surface area contributed by atoms with Gasteiger partial charge in [-0.1, -0.05) is 143 Å². The average molecular weight is 664 g/mol. The summed E-state index contributed by atoms with van der Waals surface area (Å²) in [7, 11) is 3.52. The zero-order valence-corrected chi connectivity index (χ0v) is 31.3. The summed E-state index contributed by atoms with van der Waals surface area (Å²) in [4.78, 5) is 0. The van der Waals surface area contributed by atoms with Gasteiger partial charge in [0.25, 0.3) is 0 Å². The van der Waals surface area contributed by atoms with E-state index < -0.39 is 0 Å². The van der Waals surface area contributed by atoms with E-state index in [1.807, 2.05) is 0 Å². The summed E-state index contributed by atoms with van der Waals surface area (Å²) in [6, 6.07) is 0. The molecule has 0 aromatic heterocycles. The van der Waals surface area contributed by atoms with Crippen LogP contribution in [0.4, 0.5) is 0 Å². The maximum Gasteiger partial charge on any atom is 0.0906 e. The van der Waals surface area contributed by atoms with Crippen molar-refractivity contribution in [2.45, 2.75) is 168 Å². The Morgan fingerprint density at radius 1 is 0.556 bits per heavy atom. The van der Waals surface area contributed by atoms with E-state index in [-0.39, 0.29) is 6.10 Å². The van der Waals surface area contributed by atoms with Crippen molar-refractivity contribution in [2.75, 3.05) is 31.5 Å². The van der Waals surface area contributed by atoms with Crippen molar-refractivity contribution < 1.29 is 9.47 Å². The molecule has 3 nitrogen and oxygen atoms in total. The van der Waals surface area contributed by atoms with Gasteiger partial charge in [-0.05, 0) is 89.2 Å². The molecule has 0 radical (unpaired) electrons. The number of ether oxygens (including phenoxy) is 2. The van der Waals surface area contributed by atoms with E-state index in [9.17, 15) is 0 Å². The quantitative estimate of drug-likeness (QED) is 0.0238. The standard InChI is InChI=1S/C40H73NO2S2/c1-3-5-7-9-11-13-15-17-19-21-23-25-27-29-31-33-35-42-37-40(38-44-45-39-41)43-36-34-32-30-28-26-24-22-20-18-16-14-12-10-8-6-4-2/h9,12-14,17-20,40H,3-8,10,15-16,21-39,41H2,1-2H3/b14-12-,19-17-,20-18-. The first-order chi connectivity index (χ1) is 22.3. The van der Waals surface area contributed by atoms with E-state index in [4.69, 9.17) is 15.2 Å². The lowest BCUT2D eigenvalue weighted by molar-refractivity contribution is -0.00609. The third-order valence-electron chi connectivity index (χ3n) is 7.68. The van der Waals surface area contributed by atoms with Crippen LogP contribution < -0.4 is 5.73 Å². The van der Waals surface area contributed by atoms with Crippen molar-refractivity contribution >= 4 is 21.6 Å². The van der Waals surface area contributed by atoms with Crippen LogP contribution in [0.5, 0.6) is 0 Å². The maximum atomic E-state index is 6.21. The molecule has 45 heavy (non-hydrogen) atoms. The molecular weight excluding hydrogens is 591 g/mol. The van der Waals surface area contributed by atoms with Gasteiger partial charge in [0.15, 0.2) is 0 Å². The van der Waals surface area contributed by atoms with Crippen molar-refractivity contribution in [1.82, 2.24) is 0 Å². The predicted molar refractivity (Wildman–Crippen MR) is 207 cm³/mol. The topological polar surface area (TPSA) is 44.5 Å². The molecule has 0 bridgehead atoms. The van der Waals surface area contributed by atoms with Gasteiger partial charge in [-0.3, -0.25) is 0 Å². The molecule has 0 aliphatic carbocycles. The first kappa shape index (κ1) is 44.3. The molecule has 0 aromatic carbocycles. The Morgan fingerprint density at radius 2 is 1.11 bits per heavy atom. The summed E-state index contributed by atoms with van der Waals surface area (Å²) < 4.78 is 12.2. The molecule has 0 aliphatic heterocycles. The highest BCUT2D eigenvalue weighted by Crippen LogP contribution is 2.21. The van der Waals surface area contributed by atoms with Gasteiger partial charge in [-0.25, -0.2) is 0 Å². The van der Waals surface area contributed by atoms with Crippen LogP contribution in [0.15, 0.2) is 54.3 Å². The summed E-state index contributed by atoms with van der Waals surface area (Å²) in [6.07, 6.45) is 47.3. The molecule has 1 unspecified atom stereocenters. The second-order valence-electron chi connectivity index (χ2n) is 12.1. The number of hydrogen-bond donors (Lipinski definition) is 1. The predicted octanol–water partition coefficient (Wildman–Crippen LogP) is 13.1. The Labute approximate surface area is 289 Å². The highest BCUT2D eigenvalue weighted by Gasteiger charge is 2.10. The van der Waals surface area contributed by atoms with Crippen LogP contribution >= 0.6 is 21.6 Å². The van der Waals surface area contributed by atoms with Crippen molar-refractivity contribution in [3.05, 3.63) is 54.3 Å². The first-order valence-electron chi connectivity index (χ1n) is 18.8. The molecule has 262 valence electrons. The van der Waals surface area contributed by atoms with Gasteiger partial charge in [0.1, 0.15) is 0 Å². The van der Waals surface area contributed by atoms with Gasteiger partial charge in [0.05, 0.1) is 12.7 Å². The minimum absolute atomic E-state index is 0.174. The first-order valence-corrected chi connectivity index (χ1v) is 21.3. The molecule has 0 heterocycles. The normalized spacial score (nSPS) is 12.5. The van der Waals surface area contributed by atoms with Crippen LogP contribution in [0.25, 0.3) is 0 Å². The minimum atomic E-state index is 0.174. The molecule has 0 aromatic rings. The molecule has 0 saturated carbocycles. The van der Waals surface area contributed by atoms with Gasteiger partial charge in [-0.2, -0.15) is 0 Å². The van der Waals surface area contributed by atoms with Gasteiger partial charge in [-0.15, -0.1) is 5.73 Å². The molecule has 0 amide bonds. The fourth-order valence-corrected chi connectivity index (χ4v) is 6.44. The highest BCUT2D eigenvalue weighted by atomic mass is 33.1. The Balaban J connectivity index is 3.67. The maximum absolute atomic E-state index is 6.21. The Kier molecular flexibility index (Phi) is 40.7. The largest absolute Gasteiger partial charge is 0.379 e. The van der Waals surface area contributed by atoms with E-state index in [2.05, 4.69) is 68.2 Å². The summed E-state index contributed by atoms with van der Waals surface area (Å²) in [6.45, 7) is 6.89. The van der Waals surface area contributed by atoms with Crippen LogP contribution in [0.2, 0.25) is 0 Å². The van der Waals surface area contributed by atoms with E-state index in [1.54, 1.807) is 21.6 Å². The molecule has 5 heteroatoms. The zero-order chi connectivity index (χ0) is 32.6. The number of unbranched alkanes of at least 4 members (excludes halogenated alkanes) is 17. The molecular formula is C40H73NO2S2. The van der Waals surface area contributed by atoms with E-state index in [0.29, 0.717) is 12.5 Å². The molecule has 0 aliphatic rings. The number of rotatable bonds is 36. The van der Waals surface area contributed by atoms with Gasteiger partial charge in [0, 0.05) is 24.8 Å². The van der Waals surface area contributed by atoms with Gasteiger partial charge < -0.3 is 15.2 Å². The highest BCUT2D eigenvalue weighted by molar-refractivity contribution is 8.76.